The van der Waals surface area contributed by atoms with Crippen LogP contribution in [0.5, 0.6) is 0 Å². The quantitative estimate of drug-likeness (QED) is 0.881. The van der Waals surface area contributed by atoms with Gasteiger partial charge in [0.2, 0.25) is 0 Å². The zero-order valence-corrected chi connectivity index (χ0v) is 9.94. The van der Waals surface area contributed by atoms with Crippen molar-refractivity contribution in [2.75, 3.05) is 11.1 Å². The van der Waals surface area contributed by atoms with Crippen LogP contribution in [0.15, 0.2) is 16.5 Å². The van der Waals surface area contributed by atoms with E-state index < -0.39 is 0 Å². The number of hydrogen-bond acceptors (Lipinski definition) is 5. The van der Waals surface area contributed by atoms with Gasteiger partial charge in [-0.2, -0.15) is 0 Å². The lowest BCUT2D eigenvalue weighted by Gasteiger charge is -2.06. The molecule has 1 aromatic carbocycles. The van der Waals surface area contributed by atoms with Crippen LogP contribution >= 0.6 is 34.8 Å². The molecule has 84 valence electrons. The highest BCUT2D eigenvalue weighted by Gasteiger charge is 2.11. The average molecular weight is 280 g/mol. The number of nitrogens with one attached hydrogen (secondary N) is 1. The molecule has 0 aliphatic carbocycles. The molecule has 0 unspecified atom stereocenters. The van der Waals surface area contributed by atoms with Crippen molar-refractivity contribution < 1.29 is 4.42 Å². The summed E-state index contributed by atoms with van der Waals surface area (Å²) in [7, 11) is 0. The van der Waals surface area contributed by atoms with Gasteiger partial charge in [-0.3, -0.25) is 0 Å². The van der Waals surface area contributed by atoms with Gasteiger partial charge < -0.3 is 15.5 Å². The molecule has 0 fully saturated rings. The number of hydrogen-bond donors (Lipinski definition) is 2. The van der Waals surface area contributed by atoms with Crippen LogP contribution < -0.4 is 11.1 Å². The van der Waals surface area contributed by atoms with E-state index in [-0.39, 0.29) is 12.0 Å². The zero-order chi connectivity index (χ0) is 11.7. The van der Waals surface area contributed by atoms with Crippen molar-refractivity contribution in [2.24, 2.45) is 0 Å². The molecule has 0 spiro atoms. The maximum atomic E-state index is 5.94. The first-order chi connectivity index (χ1) is 7.56. The minimum absolute atomic E-state index is 0.0521. The van der Waals surface area contributed by atoms with Gasteiger partial charge >= 0.3 is 12.0 Å². The van der Waals surface area contributed by atoms with E-state index in [4.69, 9.17) is 45.0 Å². The lowest BCUT2D eigenvalue weighted by molar-refractivity contribution is 0.593. The number of benzene rings is 1. The van der Waals surface area contributed by atoms with Gasteiger partial charge in [0.05, 0.1) is 15.7 Å². The molecule has 1 heterocycles. The smallest absolute Gasteiger partial charge is 0.321 e. The second kappa shape index (κ2) is 4.37. The molecule has 0 bridgehead atoms. The first-order valence-corrected chi connectivity index (χ1v) is 5.20. The van der Waals surface area contributed by atoms with E-state index in [0.29, 0.717) is 20.8 Å². The second-order valence-corrected chi connectivity index (χ2v) is 4.07. The molecule has 0 radical (unpaired) electrons. The molecule has 3 N–H and O–H groups in total. The van der Waals surface area contributed by atoms with Gasteiger partial charge in [-0.15, -0.1) is 0 Å². The van der Waals surface area contributed by atoms with E-state index in [2.05, 4.69) is 15.5 Å². The summed E-state index contributed by atoms with van der Waals surface area (Å²) in [5, 5.41) is 11.0. The topological polar surface area (TPSA) is 77.0 Å². The van der Waals surface area contributed by atoms with Crippen molar-refractivity contribution >= 4 is 52.5 Å². The number of rotatable bonds is 2. The summed E-state index contributed by atoms with van der Waals surface area (Å²) in [6, 6.07) is 3.13. The SMILES string of the molecule is Nc1nnc(Nc2c(Cl)cc(Cl)cc2Cl)o1. The molecular formula is C8H5Cl3N4O. The molecule has 0 saturated heterocycles. The Labute approximate surface area is 105 Å². The standard InChI is InChI=1S/C8H5Cl3N4O/c9-3-1-4(10)6(5(11)2-3)13-8-15-14-7(12)16-8/h1-2H,(H2,12,14)(H,13,15). The Kier molecular flexibility index (Phi) is 3.09. The molecule has 2 aromatic rings. The summed E-state index contributed by atoms with van der Waals surface area (Å²) in [4.78, 5) is 0. The number of halogens is 3. The molecular weight excluding hydrogens is 274 g/mol. The normalized spacial score (nSPS) is 10.4. The van der Waals surface area contributed by atoms with E-state index in [1.165, 1.54) is 12.1 Å². The number of nitrogen functional groups attached to an aromatic ring is 1. The van der Waals surface area contributed by atoms with Gasteiger partial charge in [0.1, 0.15) is 0 Å². The monoisotopic (exact) mass is 278 g/mol. The minimum atomic E-state index is -0.0521. The van der Waals surface area contributed by atoms with Gasteiger partial charge in [0.15, 0.2) is 0 Å². The van der Waals surface area contributed by atoms with Gasteiger partial charge in [0.25, 0.3) is 0 Å². The van der Waals surface area contributed by atoms with Crippen LogP contribution in [0.2, 0.25) is 15.1 Å². The Hall–Kier alpha value is -1.17. The average Bonchev–Trinajstić information content (AvgIpc) is 2.58. The van der Waals surface area contributed by atoms with Crippen molar-refractivity contribution in [3.8, 4) is 0 Å². The van der Waals surface area contributed by atoms with Gasteiger partial charge in [-0.25, -0.2) is 0 Å². The third-order valence-electron chi connectivity index (χ3n) is 1.68. The summed E-state index contributed by atoms with van der Waals surface area (Å²) in [5.74, 6) is 0. The lowest BCUT2D eigenvalue weighted by atomic mass is 10.3. The van der Waals surface area contributed by atoms with Crippen LogP contribution in [0.3, 0.4) is 0 Å². The highest BCUT2D eigenvalue weighted by Crippen LogP contribution is 2.35. The predicted octanol–water partition coefficient (Wildman–Crippen LogP) is 3.36. The first kappa shape index (κ1) is 11.3. The Morgan fingerprint density at radius 1 is 1.12 bits per heavy atom. The fourth-order valence-electron chi connectivity index (χ4n) is 1.05. The van der Waals surface area contributed by atoms with E-state index in [9.17, 15) is 0 Å². The van der Waals surface area contributed by atoms with Crippen LogP contribution in [-0.2, 0) is 0 Å². The van der Waals surface area contributed by atoms with Crippen LogP contribution in [0, 0.1) is 0 Å². The van der Waals surface area contributed by atoms with Gasteiger partial charge in [-0.05, 0) is 12.1 Å². The molecule has 0 atom stereocenters. The third-order valence-corrected chi connectivity index (χ3v) is 2.49. The van der Waals surface area contributed by atoms with E-state index >= 15 is 0 Å². The van der Waals surface area contributed by atoms with Crippen molar-refractivity contribution in [1.82, 2.24) is 10.2 Å². The predicted molar refractivity (Wildman–Crippen MR) is 63.5 cm³/mol. The fourth-order valence-corrected chi connectivity index (χ4v) is 1.97. The largest absolute Gasteiger partial charge is 0.389 e. The maximum absolute atomic E-state index is 5.94. The Morgan fingerprint density at radius 3 is 2.25 bits per heavy atom. The van der Waals surface area contributed by atoms with Crippen LogP contribution in [0.1, 0.15) is 0 Å². The molecule has 16 heavy (non-hydrogen) atoms. The third kappa shape index (κ3) is 2.32. The van der Waals surface area contributed by atoms with Crippen LogP contribution in [-0.4, -0.2) is 10.2 Å². The van der Waals surface area contributed by atoms with E-state index in [1.54, 1.807) is 0 Å². The van der Waals surface area contributed by atoms with Crippen molar-refractivity contribution in [2.45, 2.75) is 0 Å². The molecule has 5 nitrogen and oxygen atoms in total. The van der Waals surface area contributed by atoms with Crippen molar-refractivity contribution in [1.29, 1.82) is 0 Å². The molecule has 1 aromatic heterocycles. The highest BCUT2D eigenvalue weighted by molar-refractivity contribution is 6.41. The Balaban J connectivity index is 2.34. The molecule has 8 heteroatoms. The van der Waals surface area contributed by atoms with E-state index in [1.807, 2.05) is 0 Å². The molecule has 0 saturated carbocycles. The first-order valence-electron chi connectivity index (χ1n) is 4.07. The molecule has 2 rings (SSSR count). The fraction of sp³-hybridized carbons (Fsp3) is 0. The second-order valence-electron chi connectivity index (χ2n) is 2.81. The van der Waals surface area contributed by atoms with Crippen molar-refractivity contribution in [3.63, 3.8) is 0 Å². The van der Waals surface area contributed by atoms with Crippen LogP contribution in [0.25, 0.3) is 0 Å². The number of nitrogens with zero attached hydrogens (tertiary/aromatic N) is 2. The maximum Gasteiger partial charge on any atom is 0.321 e. The molecule has 0 aliphatic heterocycles. The van der Waals surface area contributed by atoms with Gasteiger partial charge in [0, 0.05) is 5.02 Å². The number of nitrogens with two attached hydrogens (primary N) is 1. The summed E-state index contributed by atoms with van der Waals surface area (Å²) in [6.45, 7) is 0. The Morgan fingerprint density at radius 2 is 1.75 bits per heavy atom. The summed E-state index contributed by atoms with van der Waals surface area (Å²) in [6.07, 6.45) is 0. The number of anilines is 3. The summed E-state index contributed by atoms with van der Waals surface area (Å²) >= 11 is 17.6. The lowest BCUT2D eigenvalue weighted by Crippen LogP contribution is -1.92. The Bertz CT molecular complexity index is 505. The number of aromatic nitrogens is 2. The summed E-state index contributed by atoms with van der Waals surface area (Å²) < 4.78 is 4.92. The summed E-state index contributed by atoms with van der Waals surface area (Å²) in [5.41, 5.74) is 5.69. The van der Waals surface area contributed by atoms with Crippen LogP contribution in [0.4, 0.5) is 17.7 Å². The van der Waals surface area contributed by atoms with Gasteiger partial charge in [-0.1, -0.05) is 45.0 Å². The van der Waals surface area contributed by atoms with Crippen molar-refractivity contribution in [3.05, 3.63) is 27.2 Å². The highest BCUT2D eigenvalue weighted by atomic mass is 35.5. The zero-order valence-electron chi connectivity index (χ0n) is 7.67. The molecule has 0 amide bonds. The van der Waals surface area contributed by atoms with E-state index in [0.717, 1.165) is 0 Å². The minimum Gasteiger partial charge on any atom is -0.389 e. The molecule has 0 aliphatic rings.